The van der Waals surface area contributed by atoms with Crippen LogP contribution in [0.1, 0.15) is 25.7 Å². The molecule has 0 bridgehead atoms. The van der Waals surface area contributed by atoms with Gasteiger partial charge in [0.2, 0.25) is 0 Å². The molecule has 17 heavy (non-hydrogen) atoms. The minimum Gasteiger partial charge on any atom is -0.352 e. The van der Waals surface area contributed by atoms with Crippen molar-refractivity contribution in [1.29, 1.82) is 0 Å². The highest BCUT2D eigenvalue weighted by atomic mass is 35.5. The average molecular weight is 276 g/mol. The first-order valence-corrected chi connectivity index (χ1v) is 6.71. The predicted molar refractivity (Wildman–Crippen MR) is 70.2 cm³/mol. The number of alkyl halides is 1. The number of hydrogen-bond acceptors (Lipinski definition) is 3. The molecule has 4 nitrogen and oxygen atoms in total. The zero-order valence-corrected chi connectivity index (χ0v) is 11.0. The lowest BCUT2D eigenvalue weighted by molar-refractivity contribution is 0.384. The highest BCUT2D eigenvalue weighted by Crippen LogP contribution is 2.30. The Labute approximate surface area is 110 Å². The molecule has 0 amide bonds. The molecule has 1 aromatic rings. The molecule has 1 aromatic heterocycles. The van der Waals surface area contributed by atoms with E-state index in [9.17, 15) is 4.79 Å². The summed E-state index contributed by atoms with van der Waals surface area (Å²) >= 11 is 11.7. The van der Waals surface area contributed by atoms with Crippen molar-refractivity contribution in [3.05, 3.63) is 21.7 Å². The van der Waals surface area contributed by atoms with Crippen LogP contribution in [0.2, 0.25) is 5.02 Å². The fourth-order valence-electron chi connectivity index (χ4n) is 1.96. The van der Waals surface area contributed by atoms with Crippen LogP contribution in [0.15, 0.2) is 11.1 Å². The Morgan fingerprint density at radius 1 is 1.53 bits per heavy atom. The van der Waals surface area contributed by atoms with Gasteiger partial charge in [-0.2, -0.15) is 0 Å². The molecule has 1 saturated carbocycles. The molecule has 1 fully saturated rings. The van der Waals surface area contributed by atoms with Gasteiger partial charge in [-0.15, -0.1) is 11.6 Å². The Bertz CT molecular complexity index is 431. The van der Waals surface area contributed by atoms with E-state index in [-0.39, 0.29) is 10.6 Å². The quantitative estimate of drug-likeness (QED) is 0.840. The van der Waals surface area contributed by atoms with E-state index in [4.69, 9.17) is 23.2 Å². The first-order valence-electron chi connectivity index (χ1n) is 5.80. The molecule has 0 aromatic carbocycles. The second kappa shape index (κ2) is 5.74. The Hall–Kier alpha value is -0.740. The van der Waals surface area contributed by atoms with E-state index >= 15 is 0 Å². The van der Waals surface area contributed by atoms with Crippen molar-refractivity contribution in [2.45, 2.75) is 31.7 Å². The number of nitrogens with one attached hydrogen (secondary N) is 1. The van der Waals surface area contributed by atoms with Gasteiger partial charge in [-0.25, -0.2) is 4.98 Å². The number of halogens is 2. The van der Waals surface area contributed by atoms with Crippen LogP contribution in [0.5, 0.6) is 0 Å². The summed E-state index contributed by atoms with van der Waals surface area (Å²) in [6, 6.07) is 0.449. The zero-order valence-electron chi connectivity index (χ0n) is 9.46. The van der Waals surface area contributed by atoms with Crippen molar-refractivity contribution in [2.24, 2.45) is 0 Å². The van der Waals surface area contributed by atoms with Crippen LogP contribution in [-0.2, 0) is 0 Å². The third kappa shape index (κ3) is 2.75. The fourth-order valence-corrected chi connectivity index (χ4v) is 2.30. The number of nitrogens with zero attached hydrogens (tertiary/aromatic N) is 2. The molecule has 2 rings (SSSR count). The van der Waals surface area contributed by atoms with Crippen molar-refractivity contribution < 1.29 is 0 Å². The van der Waals surface area contributed by atoms with Crippen LogP contribution in [0, 0.1) is 0 Å². The number of anilines is 1. The molecular formula is C11H15Cl2N3O. The highest BCUT2D eigenvalue weighted by Gasteiger charge is 2.27. The molecule has 1 heterocycles. The van der Waals surface area contributed by atoms with E-state index in [1.807, 2.05) is 0 Å². The summed E-state index contributed by atoms with van der Waals surface area (Å²) in [6.45, 7) is 0.796. The average Bonchev–Trinajstić information content (AvgIpc) is 2.26. The second-order valence-corrected chi connectivity index (χ2v) is 4.95. The van der Waals surface area contributed by atoms with Crippen LogP contribution >= 0.6 is 23.2 Å². The van der Waals surface area contributed by atoms with Crippen LogP contribution in [0.3, 0.4) is 0 Å². The molecule has 1 N–H and O–H groups in total. The molecule has 0 atom stereocenters. The maximum atomic E-state index is 11.5. The van der Waals surface area contributed by atoms with Crippen molar-refractivity contribution in [2.75, 3.05) is 17.3 Å². The number of H-pyrrole nitrogens is 1. The zero-order chi connectivity index (χ0) is 12.3. The van der Waals surface area contributed by atoms with E-state index in [2.05, 4.69) is 14.9 Å². The van der Waals surface area contributed by atoms with Gasteiger partial charge in [0.05, 0.1) is 6.33 Å². The van der Waals surface area contributed by atoms with Crippen LogP contribution in [0.25, 0.3) is 0 Å². The van der Waals surface area contributed by atoms with Crippen molar-refractivity contribution in [1.82, 2.24) is 9.97 Å². The minimum atomic E-state index is -0.285. The van der Waals surface area contributed by atoms with E-state index in [0.29, 0.717) is 17.7 Å². The molecule has 0 spiro atoms. The summed E-state index contributed by atoms with van der Waals surface area (Å²) in [5.74, 6) is 1.19. The molecule has 0 saturated heterocycles. The van der Waals surface area contributed by atoms with Gasteiger partial charge in [-0.05, 0) is 25.7 Å². The summed E-state index contributed by atoms with van der Waals surface area (Å²) < 4.78 is 0. The van der Waals surface area contributed by atoms with Gasteiger partial charge in [-0.1, -0.05) is 11.6 Å². The molecule has 94 valence electrons. The van der Waals surface area contributed by atoms with Gasteiger partial charge >= 0.3 is 0 Å². The number of hydrogen-bond donors (Lipinski definition) is 1. The van der Waals surface area contributed by atoms with E-state index < -0.39 is 0 Å². The van der Waals surface area contributed by atoms with Gasteiger partial charge in [0.1, 0.15) is 5.02 Å². The first kappa shape index (κ1) is 12.7. The Morgan fingerprint density at radius 2 is 2.29 bits per heavy atom. The number of aromatic amines is 1. The summed E-state index contributed by atoms with van der Waals surface area (Å²) in [6.07, 6.45) is 5.75. The molecule has 0 radical (unpaired) electrons. The molecule has 1 aliphatic carbocycles. The summed E-state index contributed by atoms with van der Waals surface area (Å²) in [5, 5.41) is 0.175. The Kier molecular flexibility index (Phi) is 4.29. The van der Waals surface area contributed by atoms with Crippen molar-refractivity contribution >= 4 is 29.0 Å². The van der Waals surface area contributed by atoms with Gasteiger partial charge in [0.25, 0.3) is 5.56 Å². The third-order valence-corrected chi connectivity index (χ3v) is 3.71. The fraction of sp³-hybridized carbons (Fsp3) is 0.636. The second-order valence-electron chi connectivity index (χ2n) is 4.19. The minimum absolute atomic E-state index is 0.175. The van der Waals surface area contributed by atoms with Crippen molar-refractivity contribution in [3.63, 3.8) is 0 Å². The predicted octanol–water partition coefficient (Wildman–Crippen LogP) is 2.41. The maximum Gasteiger partial charge on any atom is 0.271 e. The topological polar surface area (TPSA) is 49.0 Å². The van der Waals surface area contributed by atoms with E-state index in [1.165, 1.54) is 12.7 Å². The number of rotatable bonds is 5. The normalized spacial score (nSPS) is 15.6. The van der Waals surface area contributed by atoms with E-state index in [1.54, 1.807) is 0 Å². The lowest BCUT2D eigenvalue weighted by Gasteiger charge is -2.38. The van der Waals surface area contributed by atoms with Gasteiger partial charge in [0, 0.05) is 18.5 Å². The molecule has 6 heteroatoms. The molecule has 0 unspecified atom stereocenters. The summed E-state index contributed by atoms with van der Waals surface area (Å²) in [4.78, 5) is 20.2. The molecular weight excluding hydrogens is 261 g/mol. The van der Waals surface area contributed by atoms with Gasteiger partial charge < -0.3 is 9.88 Å². The first-order chi connectivity index (χ1) is 8.24. The largest absolute Gasteiger partial charge is 0.352 e. The van der Waals surface area contributed by atoms with Crippen LogP contribution < -0.4 is 10.5 Å². The van der Waals surface area contributed by atoms with Gasteiger partial charge in [0.15, 0.2) is 5.82 Å². The Morgan fingerprint density at radius 3 is 2.88 bits per heavy atom. The summed E-state index contributed by atoms with van der Waals surface area (Å²) in [5.41, 5.74) is -0.285. The monoisotopic (exact) mass is 275 g/mol. The van der Waals surface area contributed by atoms with E-state index in [0.717, 1.165) is 25.8 Å². The molecule has 0 aliphatic heterocycles. The SMILES string of the molecule is O=c1[nH]cnc(N(CCCCl)C2CCC2)c1Cl. The lowest BCUT2D eigenvalue weighted by Crippen LogP contribution is -2.42. The lowest BCUT2D eigenvalue weighted by atomic mass is 9.91. The number of aromatic nitrogens is 2. The smallest absolute Gasteiger partial charge is 0.271 e. The summed E-state index contributed by atoms with van der Waals surface area (Å²) in [7, 11) is 0. The molecule has 1 aliphatic rings. The van der Waals surface area contributed by atoms with Crippen LogP contribution in [0.4, 0.5) is 5.82 Å². The van der Waals surface area contributed by atoms with Crippen LogP contribution in [-0.4, -0.2) is 28.4 Å². The maximum absolute atomic E-state index is 11.5. The van der Waals surface area contributed by atoms with Crippen molar-refractivity contribution in [3.8, 4) is 0 Å². The third-order valence-electron chi connectivity index (χ3n) is 3.10. The highest BCUT2D eigenvalue weighted by molar-refractivity contribution is 6.32. The van der Waals surface area contributed by atoms with Gasteiger partial charge in [-0.3, -0.25) is 4.79 Å². The standard InChI is InChI=1S/C11H15Cl2N3O/c12-5-2-6-16(8-3-1-4-8)10-9(13)11(17)15-7-14-10/h7-8H,1-6H2,(H,14,15,17). The Balaban J connectivity index is 2.24.